The molecule has 0 spiro atoms. The first kappa shape index (κ1) is 24.9. The molecule has 0 fully saturated rings. The maximum absolute atomic E-state index is 13.4. The number of halogens is 1. The smallest absolute Gasteiger partial charge is 0.311 e. The quantitative estimate of drug-likeness (QED) is 0.420. The predicted molar refractivity (Wildman–Crippen MR) is 134 cm³/mol. The molecule has 2 atom stereocenters. The summed E-state index contributed by atoms with van der Waals surface area (Å²) in [6, 6.07) is 26.6. The predicted octanol–water partition coefficient (Wildman–Crippen LogP) is 5.60. The molecule has 0 saturated carbocycles. The van der Waals surface area contributed by atoms with Crippen LogP contribution in [-0.2, 0) is 9.22 Å². The van der Waals surface area contributed by atoms with E-state index in [2.05, 4.69) is 45.0 Å². The van der Waals surface area contributed by atoms with Crippen LogP contribution in [0.3, 0.4) is 0 Å². The van der Waals surface area contributed by atoms with Crippen molar-refractivity contribution >= 4 is 24.7 Å². The molecule has 174 valence electrons. The minimum absolute atomic E-state index is 0.137. The van der Waals surface area contributed by atoms with E-state index in [1.165, 1.54) is 22.5 Å². The summed E-state index contributed by atoms with van der Waals surface area (Å²) in [7, 11) is -2.66. The van der Waals surface area contributed by atoms with Gasteiger partial charge in [0.05, 0.1) is 5.92 Å². The van der Waals surface area contributed by atoms with Gasteiger partial charge in [-0.3, -0.25) is 4.79 Å². The van der Waals surface area contributed by atoms with Crippen LogP contribution in [0, 0.1) is 11.7 Å². The highest BCUT2D eigenvalue weighted by molar-refractivity contribution is 6.99. The lowest BCUT2D eigenvalue weighted by molar-refractivity contribution is -0.140. The summed E-state index contributed by atoms with van der Waals surface area (Å²) < 4.78 is 20.3. The first-order valence-electron chi connectivity index (χ1n) is 11.4. The van der Waals surface area contributed by atoms with Crippen molar-refractivity contribution in [3.8, 4) is 0 Å². The zero-order valence-corrected chi connectivity index (χ0v) is 20.8. The Labute approximate surface area is 197 Å². The Balaban J connectivity index is 1.90. The molecular weight excluding hydrogens is 431 g/mol. The zero-order chi connectivity index (χ0) is 24.1. The highest BCUT2D eigenvalue weighted by atomic mass is 28.4. The first-order chi connectivity index (χ1) is 15.7. The van der Waals surface area contributed by atoms with Crippen molar-refractivity contribution in [3.63, 3.8) is 0 Å². The summed E-state index contributed by atoms with van der Waals surface area (Å²) >= 11 is 0. The van der Waals surface area contributed by atoms with E-state index in [1.807, 2.05) is 43.3 Å². The van der Waals surface area contributed by atoms with Crippen LogP contribution in [0.2, 0.25) is 5.04 Å². The van der Waals surface area contributed by atoms with E-state index in [0.717, 1.165) is 0 Å². The van der Waals surface area contributed by atoms with Gasteiger partial charge in [0.1, 0.15) is 5.82 Å². The molecule has 0 aliphatic carbocycles. The molecule has 0 amide bonds. The van der Waals surface area contributed by atoms with Crippen LogP contribution in [0.15, 0.2) is 84.9 Å². The Kier molecular flexibility index (Phi) is 7.87. The summed E-state index contributed by atoms with van der Waals surface area (Å²) in [5.74, 6) is -2.16. The van der Waals surface area contributed by atoms with Gasteiger partial charge in [-0.25, -0.2) is 4.39 Å². The average Bonchev–Trinajstić information content (AvgIpc) is 2.78. The van der Waals surface area contributed by atoms with Crippen LogP contribution in [0.4, 0.5) is 4.39 Å². The molecule has 3 aromatic rings. The molecular formula is C28H33FO3Si. The number of carbonyl (C=O) groups is 1. The third kappa shape index (κ3) is 5.42. The number of aliphatic carboxylic acids is 1. The van der Waals surface area contributed by atoms with Crippen molar-refractivity contribution in [2.24, 2.45) is 5.92 Å². The normalized spacial score (nSPS) is 14.0. The van der Waals surface area contributed by atoms with E-state index >= 15 is 0 Å². The number of hydrogen-bond acceptors (Lipinski definition) is 2. The maximum atomic E-state index is 13.4. The minimum atomic E-state index is -2.66. The van der Waals surface area contributed by atoms with Gasteiger partial charge in [0.2, 0.25) is 0 Å². The fraction of sp³-hybridized carbons (Fsp3) is 0.321. The first-order valence-corrected chi connectivity index (χ1v) is 13.3. The van der Waals surface area contributed by atoms with Gasteiger partial charge in [-0.15, -0.1) is 0 Å². The van der Waals surface area contributed by atoms with Crippen molar-refractivity contribution in [2.45, 2.75) is 45.1 Å². The van der Waals surface area contributed by atoms with E-state index in [-0.39, 0.29) is 16.8 Å². The van der Waals surface area contributed by atoms with Gasteiger partial charge < -0.3 is 9.53 Å². The van der Waals surface area contributed by atoms with Crippen LogP contribution < -0.4 is 10.4 Å². The number of carboxylic acid groups (broad SMARTS) is 1. The monoisotopic (exact) mass is 464 g/mol. The van der Waals surface area contributed by atoms with Crippen LogP contribution >= 0.6 is 0 Å². The topological polar surface area (TPSA) is 46.5 Å². The zero-order valence-electron chi connectivity index (χ0n) is 19.8. The second-order valence-electron chi connectivity index (χ2n) is 9.65. The lowest BCUT2D eigenvalue weighted by Crippen LogP contribution is -2.66. The highest BCUT2D eigenvalue weighted by Gasteiger charge is 2.50. The van der Waals surface area contributed by atoms with Crippen molar-refractivity contribution in [1.29, 1.82) is 0 Å². The van der Waals surface area contributed by atoms with Crippen LogP contribution in [-0.4, -0.2) is 26.0 Å². The molecule has 0 heterocycles. The van der Waals surface area contributed by atoms with E-state index < -0.39 is 20.2 Å². The van der Waals surface area contributed by atoms with Gasteiger partial charge in [0.25, 0.3) is 8.32 Å². The summed E-state index contributed by atoms with van der Waals surface area (Å²) in [4.78, 5) is 12.1. The molecule has 2 unspecified atom stereocenters. The fourth-order valence-electron chi connectivity index (χ4n) is 4.71. The van der Waals surface area contributed by atoms with Crippen molar-refractivity contribution in [3.05, 3.63) is 96.3 Å². The van der Waals surface area contributed by atoms with E-state index in [1.54, 1.807) is 12.1 Å². The molecule has 0 aliphatic heterocycles. The minimum Gasteiger partial charge on any atom is -0.481 e. The average molecular weight is 465 g/mol. The Hall–Kier alpha value is -2.76. The third-order valence-electron chi connectivity index (χ3n) is 6.37. The molecule has 3 rings (SSSR count). The molecule has 0 saturated heterocycles. The summed E-state index contributed by atoms with van der Waals surface area (Å²) in [5, 5.41) is 12.1. The third-order valence-corrected chi connectivity index (χ3v) is 11.4. The van der Waals surface area contributed by atoms with Crippen molar-refractivity contribution in [1.82, 2.24) is 0 Å². The second kappa shape index (κ2) is 10.4. The Morgan fingerprint density at radius 3 is 1.82 bits per heavy atom. The number of rotatable bonds is 9. The van der Waals surface area contributed by atoms with Crippen molar-refractivity contribution < 1.29 is 18.7 Å². The Bertz CT molecular complexity index is 991. The Morgan fingerprint density at radius 2 is 1.39 bits per heavy atom. The maximum Gasteiger partial charge on any atom is 0.311 e. The summed E-state index contributed by atoms with van der Waals surface area (Å²) in [6.07, 6.45) is 0.582. The van der Waals surface area contributed by atoms with Crippen LogP contribution in [0.25, 0.3) is 0 Å². The van der Waals surface area contributed by atoms with E-state index in [4.69, 9.17) is 4.43 Å². The van der Waals surface area contributed by atoms with Crippen LogP contribution in [0.5, 0.6) is 0 Å². The fourth-order valence-corrected chi connectivity index (χ4v) is 9.29. The molecule has 0 aliphatic rings. The highest BCUT2D eigenvalue weighted by Crippen LogP contribution is 2.37. The lowest BCUT2D eigenvalue weighted by Gasteiger charge is -2.43. The van der Waals surface area contributed by atoms with Gasteiger partial charge in [-0.1, -0.05) is 100 Å². The summed E-state index contributed by atoms with van der Waals surface area (Å²) in [5.41, 5.74) is 0.613. The Morgan fingerprint density at radius 1 is 0.909 bits per heavy atom. The molecule has 0 aromatic heterocycles. The van der Waals surface area contributed by atoms with Crippen LogP contribution in [0.1, 0.15) is 45.6 Å². The molecule has 3 aromatic carbocycles. The number of carboxylic acids is 1. The lowest BCUT2D eigenvalue weighted by atomic mass is 9.85. The van der Waals surface area contributed by atoms with E-state index in [9.17, 15) is 14.3 Å². The number of benzene rings is 3. The summed E-state index contributed by atoms with van der Waals surface area (Å²) in [6.45, 7) is 9.04. The SMILES string of the molecule is CC(CCO[Si](c1ccccc1)(c1ccccc1)C(C)(C)C)C(C(=O)O)c1ccc(F)cc1. The second-order valence-corrected chi connectivity index (χ2v) is 14.0. The standard InChI is InChI=1S/C28H33FO3Si/c1-21(26(27(30)31)22-15-17-23(29)18-16-22)19-20-32-33(28(2,3)4,24-11-7-5-8-12-24)25-13-9-6-10-14-25/h5-18,21,26H,19-20H2,1-4H3,(H,30,31). The van der Waals surface area contributed by atoms with Crippen molar-refractivity contribution in [2.75, 3.05) is 6.61 Å². The molecule has 3 nitrogen and oxygen atoms in total. The van der Waals surface area contributed by atoms with Gasteiger partial charge in [0, 0.05) is 6.61 Å². The molecule has 33 heavy (non-hydrogen) atoms. The molecule has 0 radical (unpaired) electrons. The van der Waals surface area contributed by atoms with E-state index in [0.29, 0.717) is 18.6 Å². The molecule has 5 heteroatoms. The number of hydrogen-bond donors (Lipinski definition) is 1. The largest absolute Gasteiger partial charge is 0.481 e. The van der Waals surface area contributed by atoms with Gasteiger partial charge in [-0.05, 0) is 45.4 Å². The van der Waals surface area contributed by atoms with Gasteiger partial charge >= 0.3 is 5.97 Å². The molecule has 1 N–H and O–H groups in total. The van der Waals surface area contributed by atoms with Gasteiger partial charge in [-0.2, -0.15) is 0 Å². The van der Waals surface area contributed by atoms with Gasteiger partial charge in [0.15, 0.2) is 0 Å². The molecule has 0 bridgehead atoms.